The quantitative estimate of drug-likeness (QED) is 0.919. The predicted octanol–water partition coefficient (Wildman–Crippen LogP) is 3.70. The zero-order valence-electron chi connectivity index (χ0n) is 8.70. The van der Waals surface area contributed by atoms with Crippen LogP contribution in [0.15, 0.2) is 15.9 Å². The molecule has 1 aromatic rings. The van der Waals surface area contributed by atoms with Gasteiger partial charge in [0.05, 0.1) is 9.89 Å². The van der Waals surface area contributed by atoms with Gasteiger partial charge in [-0.2, -0.15) is 11.8 Å². The lowest BCUT2D eigenvalue weighted by Crippen LogP contribution is -2.35. The van der Waals surface area contributed by atoms with E-state index in [9.17, 15) is 5.11 Å². The Morgan fingerprint density at radius 1 is 1.60 bits per heavy atom. The summed E-state index contributed by atoms with van der Waals surface area (Å²) in [7, 11) is 0. The highest BCUT2D eigenvalue weighted by atomic mass is 79.9. The highest BCUT2D eigenvalue weighted by molar-refractivity contribution is 9.11. The highest BCUT2D eigenvalue weighted by Crippen LogP contribution is 2.41. The van der Waals surface area contributed by atoms with Crippen LogP contribution >= 0.6 is 39.0 Å². The number of rotatable bonds is 3. The van der Waals surface area contributed by atoms with Crippen LogP contribution in [0.5, 0.6) is 0 Å². The average molecular weight is 307 g/mol. The van der Waals surface area contributed by atoms with Gasteiger partial charge >= 0.3 is 0 Å². The second-order valence-corrected chi connectivity index (χ2v) is 8.37. The molecule has 0 saturated carbocycles. The van der Waals surface area contributed by atoms with Crippen LogP contribution in [0, 0.1) is 0 Å². The number of aliphatic hydroxyl groups is 1. The van der Waals surface area contributed by atoms with Crippen LogP contribution in [0.2, 0.25) is 0 Å². The maximum atomic E-state index is 10.2. The summed E-state index contributed by atoms with van der Waals surface area (Å²) in [4.78, 5) is 1.27. The van der Waals surface area contributed by atoms with Gasteiger partial charge in [-0.3, -0.25) is 0 Å². The molecule has 4 heteroatoms. The van der Waals surface area contributed by atoms with Crippen molar-refractivity contribution in [3.05, 3.63) is 20.8 Å². The number of thioether (sulfide) groups is 1. The van der Waals surface area contributed by atoms with Crippen LogP contribution in [-0.2, 0) is 6.42 Å². The Bertz CT molecular complexity index is 331. The normalized spacial score (nSPS) is 28.2. The zero-order chi connectivity index (χ0) is 10.9. The zero-order valence-corrected chi connectivity index (χ0v) is 11.9. The van der Waals surface area contributed by atoms with Crippen molar-refractivity contribution in [2.45, 2.75) is 37.0 Å². The molecular weight excluding hydrogens is 292 g/mol. The minimum Gasteiger partial charge on any atom is -0.391 e. The molecule has 1 fully saturated rings. The van der Waals surface area contributed by atoms with Gasteiger partial charge in [-0.1, -0.05) is 0 Å². The van der Waals surface area contributed by atoms with Crippen molar-refractivity contribution < 1.29 is 5.11 Å². The summed E-state index contributed by atoms with van der Waals surface area (Å²) in [6.07, 6.45) is 2.97. The molecule has 2 atom stereocenters. The maximum Gasteiger partial charge on any atom is 0.0732 e. The van der Waals surface area contributed by atoms with Crippen molar-refractivity contribution in [3.8, 4) is 0 Å². The number of thiophene rings is 1. The molecule has 84 valence electrons. The Labute approximate surface area is 107 Å². The fourth-order valence-corrected chi connectivity index (χ4v) is 4.77. The SMILES string of the molecule is CC1(C(O)Cc2ccc(Br)s2)CCCS1. The molecule has 1 aliphatic rings. The van der Waals surface area contributed by atoms with E-state index in [2.05, 4.69) is 35.0 Å². The van der Waals surface area contributed by atoms with Crippen LogP contribution in [0.4, 0.5) is 0 Å². The molecule has 1 N–H and O–H groups in total. The maximum absolute atomic E-state index is 10.2. The van der Waals surface area contributed by atoms with Crippen LogP contribution in [-0.4, -0.2) is 21.7 Å². The van der Waals surface area contributed by atoms with Crippen LogP contribution < -0.4 is 0 Å². The summed E-state index contributed by atoms with van der Waals surface area (Å²) in [5.74, 6) is 1.20. The smallest absolute Gasteiger partial charge is 0.0732 e. The van der Waals surface area contributed by atoms with Crippen LogP contribution in [0.3, 0.4) is 0 Å². The molecule has 0 radical (unpaired) electrons. The molecule has 15 heavy (non-hydrogen) atoms. The van der Waals surface area contributed by atoms with Gasteiger partial charge in [0, 0.05) is 16.0 Å². The fraction of sp³-hybridized carbons (Fsp3) is 0.636. The summed E-state index contributed by atoms with van der Waals surface area (Å²) in [5, 5.41) is 10.2. The summed E-state index contributed by atoms with van der Waals surface area (Å²) >= 11 is 7.09. The van der Waals surface area contributed by atoms with Crippen LogP contribution in [0.25, 0.3) is 0 Å². The lowest BCUT2D eigenvalue weighted by Gasteiger charge is -2.28. The second kappa shape index (κ2) is 4.78. The van der Waals surface area contributed by atoms with Crippen molar-refractivity contribution in [2.24, 2.45) is 0 Å². The topological polar surface area (TPSA) is 20.2 Å². The molecule has 0 aromatic carbocycles. The first-order valence-electron chi connectivity index (χ1n) is 5.16. The Morgan fingerprint density at radius 2 is 2.40 bits per heavy atom. The van der Waals surface area contributed by atoms with Gasteiger partial charge in [-0.05, 0) is 53.6 Å². The van der Waals surface area contributed by atoms with Crippen molar-refractivity contribution in [2.75, 3.05) is 5.75 Å². The van der Waals surface area contributed by atoms with Gasteiger partial charge in [0.15, 0.2) is 0 Å². The Hall–Kier alpha value is 0.490. The second-order valence-electron chi connectivity index (χ2n) is 4.19. The van der Waals surface area contributed by atoms with Crippen LogP contribution in [0.1, 0.15) is 24.6 Å². The molecule has 0 spiro atoms. The molecule has 1 saturated heterocycles. The monoisotopic (exact) mass is 306 g/mol. The van der Waals surface area contributed by atoms with Crippen molar-refractivity contribution in [1.82, 2.24) is 0 Å². The lowest BCUT2D eigenvalue weighted by molar-refractivity contribution is 0.134. The lowest BCUT2D eigenvalue weighted by atomic mass is 9.96. The molecule has 2 heterocycles. The van der Waals surface area contributed by atoms with E-state index in [-0.39, 0.29) is 10.9 Å². The number of aliphatic hydroxyl groups excluding tert-OH is 1. The minimum atomic E-state index is -0.212. The molecular formula is C11H15BrOS2. The van der Waals surface area contributed by atoms with Gasteiger partial charge in [0.2, 0.25) is 0 Å². The number of halogens is 1. The Balaban J connectivity index is 1.99. The van der Waals surface area contributed by atoms with Crippen molar-refractivity contribution >= 4 is 39.0 Å². The third-order valence-corrected chi connectivity index (χ3v) is 6.25. The summed E-state index contributed by atoms with van der Waals surface area (Å²) in [6, 6.07) is 4.15. The largest absolute Gasteiger partial charge is 0.391 e. The van der Waals surface area contributed by atoms with Gasteiger partial charge in [-0.25, -0.2) is 0 Å². The van der Waals surface area contributed by atoms with Gasteiger partial charge in [0.25, 0.3) is 0 Å². The highest BCUT2D eigenvalue weighted by Gasteiger charge is 2.36. The van der Waals surface area contributed by atoms with E-state index in [1.54, 1.807) is 11.3 Å². The molecule has 1 aromatic heterocycles. The molecule has 2 rings (SSSR count). The van der Waals surface area contributed by atoms with Gasteiger partial charge in [-0.15, -0.1) is 11.3 Å². The fourth-order valence-electron chi connectivity index (χ4n) is 1.93. The standard InChI is InChI=1S/C11H15BrOS2/c1-11(5-2-6-14-11)9(13)7-8-3-4-10(12)15-8/h3-4,9,13H,2,5-7H2,1H3. The third kappa shape index (κ3) is 2.78. The first-order chi connectivity index (χ1) is 7.10. The Morgan fingerprint density at radius 3 is 2.93 bits per heavy atom. The van der Waals surface area contributed by atoms with Gasteiger partial charge < -0.3 is 5.11 Å². The first kappa shape index (κ1) is 12.0. The summed E-state index contributed by atoms with van der Waals surface area (Å²) in [5.41, 5.74) is 0. The minimum absolute atomic E-state index is 0.0798. The number of hydrogen-bond acceptors (Lipinski definition) is 3. The molecule has 1 aliphatic heterocycles. The number of hydrogen-bond donors (Lipinski definition) is 1. The van der Waals surface area contributed by atoms with E-state index in [0.717, 1.165) is 16.6 Å². The average Bonchev–Trinajstić information content (AvgIpc) is 2.76. The van der Waals surface area contributed by atoms with E-state index in [1.807, 2.05) is 11.8 Å². The third-order valence-electron chi connectivity index (χ3n) is 2.98. The van der Waals surface area contributed by atoms with Crippen molar-refractivity contribution in [3.63, 3.8) is 0 Å². The predicted molar refractivity (Wildman–Crippen MR) is 71.8 cm³/mol. The summed E-state index contributed by atoms with van der Waals surface area (Å²) in [6.45, 7) is 2.19. The summed E-state index contributed by atoms with van der Waals surface area (Å²) < 4.78 is 1.23. The first-order valence-corrected chi connectivity index (χ1v) is 7.76. The molecule has 1 nitrogen and oxygen atoms in total. The molecule has 0 aliphatic carbocycles. The molecule has 0 amide bonds. The molecule has 2 unspecified atom stereocenters. The van der Waals surface area contributed by atoms with Gasteiger partial charge in [0.1, 0.15) is 0 Å². The van der Waals surface area contributed by atoms with E-state index < -0.39 is 0 Å². The van der Waals surface area contributed by atoms with E-state index in [1.165, 1.54) is 17.1 Å². The Kier molecular flexibility index (Phi) is 3.81. The van der Waals surface area contributed by atoms with E-state index in [0.29, 0.717) is 0 Å². The van der Waals surface area contributed by atoms with Crippen molar-refractivity contribution in [1.29, 1.82) is 0 Å². The van der Waals surface area contributed by atoms with E-state index in [4.69, 9.17) is 0 Å². The molecule has 0 bridgehead atoms. The van der Waals surface area contributed by atoms with E-state index >= 15 is 0 Å².